The Morgan fingerprint density at radius 3 is 2.52 bits per heavy atom. The lowest BCUT2D eigenvalue weighted by Crippen LogP contribution is -2.30. The Labute approximate surface area is 164 Å². The van der Waals surface area contributed by atoms with E-state index in [1.165, 1.54) is 11.4 Å². The Morgan fingerprint density at radius 2 is 1.85 bits per heavy atom. The molecule has 2 atom stereocenters. The second kappa shape index (κ2) is 7.04. The van der Waals surface area contributed by atoms with Crippen LogP contribution in [0.3, 0.4) is 0 Å². The van der Waals surface area contributed by atoms with Crippen LogP contribution in [0.5, 0.6) is 5.75 Å². The number of aromatic nitrogens is 2. The molecular weight excluding hydrogens is 356 g/mol. The zero-order valence-electron chi connectivity index (χ0n) is 15.6. The predicted octanol–water partition coefficient (Wildman–Crippen LogP) is 3.91. The molecule has 1 aliphatic rings. The number of methoxy groups -OCH3 is 1. The first kappa shape index (κ1) is 17.5. The van der Waals surface area contributed by atoms with E-state index in [1.54, 1.807) is 7.11 Å². The fraction of sp³-hybridized carbons (Fsp3) is 0.238. The fourth-order valence-electron chi connectivity index (χ4n) is 3.67. The van der Waals surface area contributed by atoms with Crippen molar-refractivity contribution < 1.29 is 4.74 Å². The standard InChI is InChI=1S/C21H22N4OS/c1-14-11-12-17(24(14)2)20-19(15-8-6-7-13-22-15)23-21(27)25(20)16-9-4-5-10-18(16)26-3/h4-13,19-20H,1-3H3,(H,23,27)/t19-,20-/m1/s1. The summed E-state index contributed by atoms with van der Waals surface area (Å²) in [5.74, 6) is 0.791. The number of ether oxygens (including phenoxy) is 1. The van der Waals surface area contributed by atoms with Gasteiger partial charge in [0.2, 0.25) is 0 Å². The van der Waals surface area contributed by atoms with Crippen LogP contribution in [-0.2, 0) is 7.05 Å². The van der Waals surface area contributed by atoms with Crippen molar-refractivity contribution in [1.82, 2.24) is 14.9 Å². The predicted molar refractivity (Wildman–Crippen MR) is 111 cm³/mol. The van der Waals surface area contributed by atoms with Crippen LogP contribution in [-0.4, -0.2) is 21.8 Å². The Hall–Kier alpha value is -2.86. The molecule has 0 aliphatic carbocycles. The molecule has 1 aliphatic heterocycles. The number of pyridine rings is 1. The van der Waals surface area contributed by atoms with Crippen molar-refractivity contribution in [3.8, 4) is 5.75 Å². The first-order valence-electron chi connectivity index (χ1n) is 8.87. The molecule has 0 amide bonds. The van der Waals surface area contributed by atoms with Crippen LogP contribution in [0.1, 0.15) is 29.2 Å². The summed E-state index contributed by atoms with van der Waals surface area (Å²) in [6, 6.07) is 18.1. The molecule has 1 N–H and O–H groups in total. The summed E-state index contributed by atoms with van der Waals surface area (Å²) in [5.41, 5.74) is 4.27. The largest absolute Gasteiger partial charge is 0.495 e. The maximum atomic E-state index is 5.76. The van der Waals surface area contributed by atoms with E-state index in [4.69, 9.17) is 17.0 Å². The maximum absolute atomic E-state index is 5.76. The van der Waals surface area contributed by atoms with Gasteiger partial charge in [-0.3, -0.25) is 4.98 Å². The number of thiocarbonyl (C=S) groups is 1. The molecule has 4 rings (SSSR count). The molecule has 1 fully saturated rings. The van der Waals surface area contributed by atoms with Crippen molar-refractivity contribution in [3.63, 3.8) is 0 Å². The Balaban J connectivity index is 1.89. The zero-order chi connectivity index (χ0) is 19.0. The lowest BCUT2D eigenvalue weighted by atomic mass is 10.0. The topological polar surface area (TPSA) is 42.3 Å². The summed E-state index contributed by atoms with van der Waals surface area (Å²) < 4.78 is 7.82. The lowest BCUT2D eigenvalue weighted by Gasteiger charge is -2.29. The van der Waals surface area contributed by atoms with Gasteiger partial charge in [-0.1, -0.05) is 18.2 Å². The van der Waals surface area contributed by atoms with Crippen molar-refractivity contribution in [1.29, 1.82) is 0 Å². The van der Waals surface area contributed by atoms with Gasteiger partial charge < -0.3 is 19.5 Å². The number of nitrogens with one attached hydrogen (secondary N) is 1. The van der Waals surface area contributed by atoms with Gasteiger partial charge in [-0.2, -0.15) is 0 Å². The molecule has 0 bridgehead atoms. The summed E-state index contributed by atoms with van der Waals surface area (Å²) in [7, 11) is 3.77. The molecule has 3 aromatic rings. The van der Waals surface area contributed by atoms with Crippen molar-refractivity contribution in [2.75, 3.05) is 12.0 Å². The number of hydrogen-bond acceptors (Lipinski definition) is 3. The highest BCUT2D eigenvalue weighted by atomic mass is 32.1. The number of para-hydroxylation sites is 2. The van der Waals surface area contributed by atoms with E-state index in [0.29, 0.717) is 5.11 Å². The maximum Gasteiger partial charge on any atom is 0.174 e. The van der Waals surface area contributed by atoms with E-state index in [1.807, 2.05) is 48.7 Å². The van der Waals surface area contributed by atoms with Crippen LogP contribution in [0, 0.1) is 6.92 Å². The van der Waals surface area contributed by atoms with Crippen LogP contribution in [0.25, 0.3) is 0 Å². The van der Waals surface area contributed by atoms with Crippen molar-refractivity contribution in [2.45, 2.75) is 19.0 Å². The van der Waals surface area contributed by atoms with E-state index < -0.39 is 0 Å². The first-order chi connectivity index (χ1) is 13.1. The minimum atomic E-state index is -0.0587. The van der Waals surface area contributed by atoms with Gasteiger partial charge in [0, 0.05) is 24.6 Å². The highest BCUT2D eigenvalue weighted by Crippen LogP contribution is 2.44. The monoisotopic (exact) mass is 378 g/mol. The normalized spacial score (nSPS) is 19.2. The van der Waals surface area contributed by atoms with E-state index in [9.17, 15) is 0 Å². The van der Waals surface area contributed by atoms with E-state index in [2.05, 4.69) is 45.9 Å². The Kier molecular flexibility index (Phi) is 4.58. The molecule has 0 saturated carbocycles. The summed E-state index contributed by atoms with van der Waals surface area (Å²) in [6.07, 6.45) is 1.82. The molecule has 1 aromatic carbocycles. The van der Waals surface area contributed by atoms with Gasteiger partial charge in [0.25, 0.3) is 0 Å². The molecular formula is C21H22N4OS. The molecule has 5 nitrogen and oxygen atoms in total. The third-order valence-corrected chi connectivity index (χ3v) is 5.47. The number of nitrogens with zero attached hydrogens (tertiary/aromatic N) is 3. The highest BCUT2D eigenvalue weighted by molar-refractivity contribution is 7.80. The minimum Gasteiger partial charge on any atom is -0.495 e. The lowest BCUT2D eigenvalue weighted by molar-refractivity contribution is 0.414. The number of benzene rings is 1. The van der Waals surface area contributed by atoms with E-state index in [-0.39, 0.29) is 12.1 Å². The third kappa shape index (κ3) is 2.96. The molecule has 0 unspecified atom stereocenters. The SMILES string of the molecule is COc1ccccc1N1C(=S)N[C@H](c2ccccn2)[C@H]1c1ccc(C)n1C. The van der Waals surface area contributed by atoms with Gasteiger partial charge in [0.15, 0.2) is 5.11 Å². The number of rotatable bonds is 4. The van der Waals surface area contributed by atoms with Gasteiger partial charge in [-0.25, -0.2) is 0 Å². The first-order valence-corrected chi connectivity index (χ1v) is 9.28. The van der Waals surface area contributed by atoms with Gasteiger partial charge in [-0.05, 0) is 55.5 Å². The zero-order valence-corrected chi connectivity index (χ0v) is 16.4. The molecule has 6 heteroatoms. The molecule has 3 heterocycles. The van der Waals surface area contributed by atoms with Gasteiger partial charge >= 0.3 is 0 Å². The van der Waals surface area contributed by atoms with Crippen molar-refractivity contribution >= 4 is 23.0 Å². The fourth-order valence-corrected chi connectivity index (χ4v) is 4.01. The summed E-state index contributed by atoms with van der Waals surface area (Å²) >= 11 is 5.76. The van der Waals surface area contributed by atoms with Crippen LogP contribution in [0.15, 0.2) is 60.8 Å². The summed E-state index contributed by atoms with van der Waals surface area (Å²) in [6.45, 7) is 2.10. The summed E-state index contributed by atoms with van der Waals surface area (Å²) in [4.78, 5) is 6.73. The number of aryl methyl sites for hydroxylation is 1. The van der Waals surface area contributed by atoms with Gasteiger partial charge in [0.05, 0.1) is 24.5 Å². The smallest absolute Gasteiger partial charge is 0.174 e. The van der Waals surface area contributed by atoms with Gasteiger partial charge in [-0.15, -0.1) is 0 Å². The number of hydrogen-bond donors (Lipinski definition) is 1. The van der Waals surface area contributed by atoms with E-state index >= 15 is 0 Å². The second-order valence-corrected chi connectivity index (χ2v) is 7.01. The van der Waals surface area contributed by atoms with Crippen molar-refractivity contribution in [2.24, 2.45) is 7.05 Å². The Bertz CT molecular complexity index is 969. The van der Waals surface area contributed by atoms with Gasteiger partial charge in [0.1, 0.15) is 11.8 Å². The van der Waals surface area contributed by atoms with Crippen LogP contribution in [0.2, 0.25) is 0 Å². The highest BCUT2D eigenvalue weighted by Gasteiger charge is 2.42. The average Bonchev–Trinajstić information content (AvgIpc) is 3.21. The minimum absolute atomic E-state index is 0.0394. The molecule has 138 valence electrons. The van der Waals surface area contributed by atoms with Crippen LogP contribution in [0.4, 0.5) is 5.69 Å². The number of anilines is 1. The molecule has 2 aromatic heterocycles. The quantitative estimate of drug-likeness (QED) is 0.697. The van der Waals surface area contributed by atoms with Crippen molar-refractivity contribution in [3.05, 3.63) is 77.9 Å². The van der Waals surface area contributed by atoms with Crippen LogP contribution >= 0.6 is 12.2 Å². The molecule has 1 saturated heterocycles. The average molecular weight is 379 g/mol. The second-order valence-electron chi connectivity index (χ2n) is 6.63. The molecule has 0 spiro atoms. The Morgan fingerprint density at radius 1 is 1.07 bits per heavy atom. The molecule has 27 heavy (non-hydrogen) atoms. The molecule has 0 radical (unpaired) electrons. The van der Waals surface area contributed by atoms with E-state index in [0.717, 1.165) is 17.1 Å². The third-order valence-electron chi connectivity index (χ3n) is 5.16. The van der Waals surface area contributed by atoms with Crippen LogP contribution < -0.4 is 15.0 Å². The summed E-state index contributed by atoms with van der Waals surface area (Å²) in [5, 5.41) is 4.15.